The summed E-state index contributed by atoms with van der Waals surface area (Å²) in [5, 5.41) is 5.42. The highest BCUT2D eigenvalue weighted by atomic mass is 35.5. The molecule has 0 aromatic carbocycles. The third-order valence-corrected chi connectivity index (χ3v) is 4.95. The topological polar surface area (TPSA) is 35.6 Å². The number of rotatable bonds is 6. The zero-order chi connectivity index (χ0) is 13.8. The molecule has 2 fully saturated rings. The number of carbonyl (C=O) groups is 1. The standard InChI is InChI=1S/C15H23N3OS.ClH/c19-15(17-9-6-16-7-10-17)5-8-18(13-3-4-13)12-14-2-1-11-20-14;/h1-2,11,13,16H,3-10,12H2;1H. The normalized spacial score (nSPS) is 18.6. The Morgan fingerprint density at radius 2 is 2.14 bits per heavy atom. The van der Waals surface area contributed by atoms with E-state index in [9.17, 15) is 4.79 Å². The van der Waals surface area contributed by atoms with Crippen molar-refractivity contribution in [2.45, 2.75) is 31.8 Å². The van der Waals surface area contributed by atoms with E-state index in [1.807, 2.05) is 16.2 Å². The summed E-state index contributed by atoms with van der Waals surface area (Å²) >= 11 is 1.81. The summed E-state index contributed by atoms with van der Waals surface area (Å²) in [6.07, 6.45) is 3.27. The molecule has 1 aliphatic carbocycles. The van der Waals surface area contributed by atoms with Gasteiger partial charge < -0.3 is 10.2 Å². The molecule has 118 valence electrons. The molecule has 21 heavy (non-hydrogen) atoms. The van der Waals surface area contributed by atoms with E-state index in [2.05, 4.69) is 27.7 Å². The van der Waals surface area contributed by atoms with Gasteiger partial charge in [0.2, 0.25) is 5.91 Å². The zero-order valence-corrected chi connectivity index (χ0v) is 13.9. The molecule has 2 heterocycles. The average Bonchev–Trinajstić information content (AvgIpc) is 3.21. The smallest absolute Gasteiger partial charge is 0.223 e. The lowest BCUT2D eigenvalue weighted by Crippen LogP contribution is -2.47. The van der Waals surface area contributed by atoms with Crippen LogP contribution in [0.4, 0.5) is 0 Å². The Morgan fingerprint density at radius 3 is 2.76 bits per heavy atom. The second kappa shape index (κ2) is 8.13. The summed E-state index contributed by atoms with van der Waals surface area (Å²) in [6, 6.07) is 5.02. The summed E-state index contributed by atoms with van der Waals surface area (Å²) in [5.74, 6) is 0.323. The summed E-state index contributed by atoms with van der Waals surface area (Å²) in [4.78, 5) is 18.1. The van der Waals surface area contributed by atoms with Crippen LogP contribution in [0, 0.1) is 0 Å². The van der Waals surface area contributed by atoms with E-state index in [0.29, 0.717) is 18.4 Å². The largest absolute Gasteiger partial charge is 0.340 e. The fraction of sp³-hybridized carbons (Fsp3) is 0.667. The Bertz CT molecular complexity index is 430. The third kappa shape index (κ3) is 4.95. The molecular formula is C15H24ClN3OS. The second-order valence-corrected chi connectivity index (χ2v) is 6.69. The Balaban J connectivity index is 0.00000161. The first-order chi connectivity index (χ1) is 9.83. The number of nitrogens with one attached hydrogen (secondary N) is 1. The minimum absolute atomic E-state index is 0. The van der Waals surface area contributed by atoms with Gasteiger partial charge in [-0.25, -0.2) is 0 Å². The first-order valence-corrected chi connectivity index (χ1v) is 8.46. The summed E-state index contributed by atoms with van der Waals surface area (Å²) in [5.41, 5.74) is 0. The highest BCUT2D eigenvalue weighted by Crippen LogP contribution is 2.29. The number of halogens is 1. The number of hydrogen-bond acceptors (Lipinski definition) is 4. The van der Waals surface area contributed by atoms with Crippen molar-refractivity contribution in [1.29, 1.82) is 0 Å². The molecule has 1 aromatic heterocycles. The van der Waals surface area contributed by atoms with Crippen LogP contribution in [-0.2, 0) is 11.3 Å². The fourth-order valence-corrected chi connectivity index (χ4v) is 3.47. The summed E-state index contributed by atoms with van der Waals surface area (Å²) in [6.45, 7) is 5.53. The van der Waals surface area contributed by atoms with Crippen molar-refractivity contribution in [1.82, 2.24) is 15.1 Å². The van der Waals surface area contributed by atoms with Gasteiger partial charge in [-0.05, 0) is 24.3 Å². The van der Waals surface area contributed by atoms with E-state index >= 15 is 0 Å². The van der Waals surface area contributed by atoms with Crippen LogP contribution in [-0.4, -0.2) is 54.5 Å². The molecule has 3 rings (SSSR count). The van der Waals surface area contributed by atoms with Crippen molar-refractivity contribution >= 4 is 29.7 Å². The van der Waals surface area contributed by atoms with Crippen LogP contribution in [0.3, 0.4) is 0 Å². The van der Waals surface area contributed by atoms with Crippen molar-refractivity contribution in [2.75, 3.05) is 32.7 Å². The number of piperazine rings is 1. The maximum absolute atomic E-state index is 12.2. The molecule has 1 aliphatic heterocycles. The second-order valence-electron chi connectivity index (χ2n) is 5.66. The monoisotopic (exact) mass is 329 g/mol. The van der Waals surface area contributed by atoms with Crippen molar-refractivity contribution < 1.29 is 4.79 Å². The molecule has 1 saturated carbocycles. The maximum Gasteiger partial charge on any atom is 0.223 e. The fourth-order valence-electron chi connectivity index (χ4n) is 2.74. The van der Waals surface area contributed by atoms with E-state index < -0.39 is 0 Å². The molecule has 6 heteroatoms. The Kier molecular flexibility index (Phi) is 6.48. The minimum atomic E-state index is 0. The highest BCUT2D eigenvalue weighted by molar-refractivity contribution is 7.09. The molecule has 0 bridgehead atoms. The number of carbonyl (C=O) groups excluding carboxylic acids is 1. The van der Waals surface area contributed by atoms with Crippen LogP contribution in [0.5, 0.6) is 0 Å². The number of nitrogens with zero attached hydrogens (tertiary/aromatic N) is 2. The van der Waals surface area contributed by atoms with E-state index in [0.717, 1.165) is 39.3 Å². The Hall–Kier alpha value is -0.620. The van der Waals surface area contributed by atoms with E-state index in [-0.39, 0.29) is 12.4 Å². The van der Waals surface area contributed by atoms with E-state index in [1.165, 1.54) is 17.7 Å². The van der Waals surface area contributed by atoms with Crippen LogP contribution in [0.25, 0.3) is 0 Å². The van der Waals surface area contributed by atoms with Crippen molar-refractivity contribution in [3.8, 4) is 0 Å². The van der Waals surface area contributed by atoms with Gasteiger partial charge in [0.1, 0.15) is 0 Å². The summed E-state index contributed by atoms with van der Waals surface area (Å²) < 4.78 is 0. The average molecular weight is 330 g/mol. The predicted octanol–water partition coefficient (Wildman–Crippen LogP) is 1.96. The van der Waals surface area contributed by atoms with Gasteiger partial charge in [-0.1, -0.05) is 6.07 Å². The molecular weight excluding hydrogens is 306 g/mol. The lowest BCUT2D eigenvalue weighted by atomic mass is 10.2. The lowest BCUT2D eigenvalue weighted by Gasteiger charge is -2.29. The first-order valence-electron chi connectivity index (χ1n) is 7.58. The lowest BCUT2D eigenvalue weighted by molar-refractivity contribution is -0.132. The first kappa shape index (κ1) is 16.7. The van der Waals surface area contributed by atoms with Gasteiger partial charge >= 0.3 is 0 Å². The molecule has 0 spiro atoms. The Labute approximate surface area is 136 Å². The highest BCUT2D eigenvalue weighted by Gasteiger charge is 2.29. The molecule has 2 aliphatic rings. The van der Waals surface area contributed by atoms with Crippen LogP contribution in [0.1, 0.15) is 24.1 Å². The van der Waals surface area contributed by atoms with E-state index in [4.69, 9.17) is 0 Å². The van der Waals surface area contributed by atoms with Gasteiger partial charge in [0, 0.05) is 56.6 Å². The van der Waals surface area contributed by atoms with Gasteiger partial charge in [-0.2, -0.15) is 0 Å². The molecule has 0 radical (unpaired) electrons. The molecule has 4 nitrogen and oxygen atoms in total. The maximum atomic E-state index is 12.2. The SMILES string of the molecule is Cl.O=C(CCN(Cc1cccs1)C1CC1)N1CCNCC1. The van der Waals surface area contributed by atoms with Gasteiger partial charge in [-0.3, -0.25) is 9.69 Å². The van der Waals surface area contributed by atoms with Crippen LogP contribution < -0.4 is 5.32 Å². The number of thiophene rings is 1. The van der Waals surface area contributed by atoms with Gasteiger partial charge in [0.05, 0.1) is 0 Å². The van der Waals surface area contributed by atoms with Crippen molar-refractivity contribution in [3.05, 3.63) is 22.4 Å². The zero-order valence-electron chi connectivity index (χ0n) is 12.3. The third-order valence-electron chi connectivity index (χ3n) is 4.08. The van der Waals surface area contributed by atoms with E-state index in [1.54, 1.807) is 0 Å². The number of amides is 1. The van der Waals surface area contributed by atoms with Crippen molar-refractivity contribution in [3.63, 3.8) is 0 Å². The quantitative estimate of drug-likeness (QED) is 0.866. The predicted molar refractivity (Wildman–Crippen MR) is 89.1 cm³/mol. The summed E-state index contributed by atoms with van der Waals surface area (Å²) in [7, 11) is 0. The molecule has 1 amide bonds. The van der Waals surface area contributed by atoms with Crippen LogP contribution in [0.15, 0.2) is 17.5 Å². The molecule has 0 atom stereocenters. The Morgan fingerprint density at radius 1 is 1.38 bits per heavy atom. The van der Waals surface area contributed by atoms with Crippen LogP contribution >= 0.6 is 23.7 Å². The van der Waals surface area contributed by atoms with Gasteiger partial charge in [-0.15, -0.1) is 23.7 Å². The molecule has 1 aromatic rings. The molecule has 0 unspecified atom stereocenters. The van der Waals surface area contributed by atoms with Gasteiger partial charge in [0.15, 0.2) is 0 Å². The molecule has 1 N–H and O–H groups in total. The van der Waals surface area contributed by atoms with Crippen LogP contribution in [0.2, 0.25) is 0 Å². The van der Waals surface area contributed by atoms with Crippen molar-refractivity contribution in [2.24, 2.45) is 0 Å². The molecule has 1 saturated heterocycles. The minimum Gasteiger partial charge on any atom is -0.340 e. The number of hydrogen-bond donors (Lipinski definition) is 1. The van der Waals surface area contributed by atoms with Gasteiger partial charge in [0.25, 0.3) is 0 Å².